The maximum Gasteiger partial charge on any atom is 0.133 e. The summed E-state index contributed by atoms with van der Waals surface area (Å²) in [5, 5.41) is 4.17. The summed E-state index contributed by atoms with van der Waals surface area (Å²) in [5.41, 5.74) is 2.24. The van der Waals surface area contributed by atoms with E-state index in [9.17, 15) is 0 Å². The van der Waals surface area contributed by atoms with Crippen molar-refractivity contribution in [2.24, 2.45) is 0 Å². The molecule has 19 heavy (non-hydrogen) atoms. The van der Waals surface area contributed by atoms with Crippen LogP contribution in [0.2, 0.25) is 0 Å². The molecule has 1 fully saturated rings. The predicted molar refractivity (Wildman–Crippen MR) is 72.7 cm³/mol. The third kappa shape index (κ3) is 2.84. The molecule has 0 spiro atoms. The molecule has 1 aliphatic heterocycles. The lowest BCUT2D eigenvalue weighted by Gasteiger charge is -2.22. The van der Waals surface area contributed by atoms with Crippen LogP contribution >= 0.6 is 0 Å². The SMILES string of the molecule is Cc1cc([C@H]2CCCN2CCc2ccccn2)no1. The van der Waals surface area contributed by atoms with E-state index in [4.69, 9.17) is 4.52 Å². The highest BCUT2D eigenvalue weighted by atomic mass is 16.5. The maximum atomic E-state index is 5.20. The monoisotopic (exact) mass is 257 g/mol. The summed E-state index contributed by atoms with van der Waals surface area (Å²) in [7, 11) is 0. The summed E-state index contributed by atoms with van der Waals surface area (Å²) in [6, 6.07) is 8.57. The molecule has 0 aliphatic carbocycles. The summed E-state index contributed by atoms with van der Waals surface area (Å²) >= 11 is 0. The first-order valence-electron chi connectivity index (χ1n) is 6.90. The fourth-order valence-corrected chi connectivity index (χ4v) is 2.78. The van der Waals surface area contributed by atoms with Gasteiger partial charge in [0.05, 0.1) is 6.04 Å². The van der Waals surface area contributed by atoms with Crippen LogP contribution in [-0.4, -0.2) is 28.1 Å². The highest BCUT2D eigenvalue weighted by molar-refractivity contribution is 5.11. The maximum absolute atomic E-state index is 5.20. The van der Waals surface area contributed by atoms with Crippen LogP contribution in [0.1, 0.15) is 36.0 Å². The molecule has 100 valence electrons. The quantitative estimate of drug-likeness (QED) is 0.844. The van der Waals surface area contributed by atoms with Crippen LogP contribution in [0.3, 0.4) is 0 Å². The van der Waals surface area contributed by atoms with Crippen molar-refractivity contribution in [1.82, 2.24) is 15.0 Å². The van der Waals surface area contributed by atoms with E-state index in [0.717, 1.165) is 36.7 Å². The van der Waals surface area contributed by atoms with E-state index in [2.05, 4.69) is 27.2 Å². The van der Waals surface area contributed by atoms with Crippen LogP contribution in [0.5, 0.6) is 0 Å². The molecular formula is C15H19N3O. The number of pyridine rings is 1. The molecule has 4 heteroatoms. The Labute approximate surface area is 113 Å². The van der Waals surface area contributed by atoms with Gasteiger partial charge in [-0.3, -0.25) is 9.88 Å². The average Bonchev–Trinajstić information content (AvgIpc) is 3.06. The zero-order valence-corrected chi connectivity index (χ0v) is 11.2. The second-order valence-corrected chi connectivity index (χ2v) is 5.13. The van der Waals surface area contributed by atoms with Crippen molar-refractivity contribution in [2.75, 3.05) is 13.1 Å². The molecule has 2 aromatic heterocycles. The average molecular weight is 257 g/mol. The smallest absolute Gasteiger partial charge is 0.133 e. The van der Waals surface area contributed by atoms with Crippen LogP contribution in [0, 0.1) is 6.92 Å². The fourth-order valence-electron chi connectivity index (χ4n) is 2.78. The summed E-state index contributed by atoms with van der Waals surface area (Å²) in [5.74, 6) is 0.895. The third-order valence-electron chi connectivity index (χ3n) is 3.73. The van der Waals surface area contributed by atoms with E-state index in [1.54, 1.807) is 0 Å². The largest absolute Gasteiger partial charge is 0.361 e. The summed E-state index contributed by atoms with van der Waals surface area (Å²) in [4.78, 5) is 6.87. The summed E-state index contributed by atoms with van der Waals surface area (Å²) in [6.07, 6.45) is 5.26. The first kappa shape index (κ1) is 12.4. The molecule has 2 aromatic rings. The lowest BCUT2D eigenvalue weighted by atomic mass is 10.1. The third-order valence-corrected chi connectivity index (χ3v) is 3.73. The summed E-state index contributed by atoms with van der Waals surface area (Å²) < 4.78 is 5.20. The molecule has 0 bridgehead atoms. The van der Waals surface area contributed by atoms with Gasteiger partial charge in [-0.05, 0) is 38.4 Å². The van der Waals surface area contributed by atoms with E-state index in [1.807, 2.05) is 25.3 Å². The van der Waals surface area contributed by atoms with E-state index >= 15 is 0 Å². The number of rotatable bonds is 4. The molecule has 1 saturated heterocycles. The molecule has 0 unspecified atom stereocenters. The van der Waals surface area contributed by atoms with Crippen molar-refractivity contribution < 1.29 is 4.52 Å². The van der Waals surface area contributed by atoms with Gasteiger partial charge in [0.2, 0.25) is 0 Å². The van der Waals surface area contributed by atoms with Crippen LogP contribution in [0.4, 0.5) is 0 Å². The zero-order chi connectivity index (χ0) is 13.1. The number of likely N-dealkylation sites (tertiary alicyclic amines) is 1. The van der Waals surface area contributed by atoms with Gasteiger partial charge in [-0.25, -0.2) is 0 Å². The van der Waals surface area contributed by atoms with E-state index in [0.29, 0.717) is 6.04 Å². The zero-order valence-electron chi connectivity index (χ0n) is 11.2. The minimum atomic E-state index is 0.418. The molecule has 1 atom stereocenters. The van der Waals surface area contributed by atoms with Crippen molar-refractivity contribution in [3.8, 4) is 0 Å². The van der Waals surface area contributed by atoms with Gasteiger partial charge in [0.25, 0.3) is 0 Å². The van der Waals surface area contributed by atoms with Crippen LogP contribution in [-0.2, 0) is 6.42 Å². The first-order valence-corrected chi connectivity index (χ1v) is 6.90. The molecule has 4 nitrogen and oxygen atoms in total. The van der Waals surface area contributed by atoms with Crippen LogP contribution in [0.15, 0.2) is 35.0 Å². The van der Waals surface area contributed by atoms with E-state index < -0.39 is 0 Å². The molecule has 0 aromatic carbocycles. The lowest BCUT2D eigenvalue weighted by Crippen LogP contribution is -2.26. The van der Waals surface area contributed by atoms with E-state index in [-0.39, 0.29) is 0 Å². The van der Waals surface area contributed by atoms with Gasteiger partial charge in [-0.15, -0.1) is 0 Å². The van der Waals surface area contributed by atoms with Crippen molar-refractivity contribution in [3.05, 3.63) is 47.6 Å². The van der Waals surface area contributed by atoms with Gasteiger partial charge in [0.1, 0.15) is 11.5 Å². The van der Waals surface area contributed by atoms with Gasteiger partial charge in [-0.2, -0.15) is 0 Å². The number of hydrogen-bond donors (Lipinski definition) is 0. The Kier molecular flexibility index (Phi) is 3.60. The topological polar surface area (TPSA) is 42.2 Å². The minimum absolute atomic E-state index is 0.418. The Morgan fingerprint density at radius 1 is 1.42 bits per heavy atom. The van der Waals surface area contributed by atoms with E-state index in [1.165, 1.54) is 12.8 Å². The van der Waals surface area contributed by atoms with Gasteiger partial charge in [-0.1, -0.05) is 11.2 Å². The number of nitrogens with zero attached hydrogens (tertiary/aromatic N) is 3. The van der Waals surface area contributed by atoms with Gasteiger partial charge >= 0.3 is 0 Å². The lowest BCUT2D eigenvalue weighted by molar-refractivity contribution is 0.247. The van der Waals surface area contributed by atoms with Crippen molar-refractivity contribution >= 4 is 0 Å². The highest BCUT2D eigenvalue weighted by Gasteiger charge is 2.27. The van der Waals surface area contributed by atoms with Crippen molar-refractivity contribution in [1.29, 1.82) is 0 Å². The minimum Gasteiger partial charge on any atom is -0.361 e. The van der Waals surface area contributed by atoms with Crippen molar-refractivity contribution in [3.63, 3.8) is 0 Å². The number of hydrogen-bond acceptors (Lipinski definition) is 4. The number of aromatic nitrogens is 2. The molecule has 0 saturated carbocycles. The Morgan fingerprint density at radius 3 is 3.11 bits per heavy atom. The Morgan fingerprint density at radius 2 is 2.37 bits per heavy atom. The second-order valence-electron chi connectivity index (χ2n) is 5.13. The first-order chi connectivity index (χ1) is 9.33. The molecular weight excluding hydrogens is 238 g/mol. The Hall–Kier alpha value is -1.68. The number of aryl methyl sites for hydroxylation is 1. The Balaban J connectivity index is 1.64. The van der Waals surface area contributed by atoms with Crippen LogP contribution in [0.25, 0.3) is 0 Å². The fraction of sp³-hybridized carbons (Fsp3) is 0.467. The van der Waals surface area contributed by atoms with Gasteiger partial charge in [0.15, 0.2) is 0 Å². The molecule has 0 amide bonds. The molecule has 0 N–H and O–H groups in total. The van der Waals surface area contributed by atoms with Crippen LogP contribution < -0.4 is 0 Å². The highest BCUT2D eigenvalue weighted by Crippen LogP contribution is 2.31. The van der Waals surface area contributed by atoms with Crippen molar-refractivity contribution in [2.45, 2.75) is 32.2 Å². The normalized spacial score (nSPS) is 19.9. The molecule has 0 radical (unpaired) electrons. The molecule has 3 heterocycles. The Bertz CT molecular complexity index is 523. The van der Waals surface area contributed by atoms with Gasteiger partial charge < -0.3 is 4.52 Å². The molecule has 1 aliphatic rings. The predicted octanol–water partition coefficient (Wildman–Crippen LogP) is 2.76. The summed E-state index contributed by atoms with van der Waals surface area (Å²) in [6.45, 7) is 4.13. The second kappa shape index (κ2) is 5.53. The standard InChI is InChI=1S/C15H19N3O/c1-12-11-14(17-19-12)15-6-4-9-18(15)10-7-13-5-2-3-8-16-13/h2-3,5,8,11,15H,4,6-7,9-10H2,1H3/t15-/m1/s1. The molecule has 3 rings (SSSR count). The van der Waals surface area contributed by atoms with Gasteiger partial charge in [0, 0.05) is 30.9 Å².